The molecular weight excluding hydrogens is 214 g/mol. The van der Waals surface area contributed by atoms with E-state index in [1.54, 1.807) is 14.2 Å². The van der Waals surface area contributed by atoms with Gasteiger partial charge in [-0.3, -0.25) is 0 Å². The average Bonchev–Trinajstić information content (AvgIpc) is 2.38. The van der Waals surface area contributed by atoms with Gasteiger partial charge in [-0.25, -0.2) is 0 Å². The summed E-state index contributed by atoms with van der Waals surface area (Å²) in [5, 5.41) is 0. The van der Waals surface area contributed by atoms with Crippen molar-refractivity contribution in [1.82, 2.24) is 0 Å². The molecule has 0 saturated carbocycles. The lowest BCUT2D eigenvalue weighted by molar-refractivity contribution is 0.187. The summed E-state index contributed by atoms with van der Waals surface area (Å²) in [5.74, 6) is 1.46. The maximum atomic E-state index is 5.81. The van der Waals surface area contributed by atoms with Gasteiger partial charge in [-0.2, -0.15) is 0 Å². The second kappa shape index (κ2) is 8.09. The fourth-order valence-corrected chi connectivity index (χ4v) is 2.00. The number of hydrogen-bond acceptors (Lipinski definition) is 3. The summed E-state index contributed by atoms with van der Waals surface area (Å²) < 4.78 is 10.4. The van der Waals surface area contributed by atoms with E-state index in [1.165, 1.54) is 5.56 Å². The van der Waals surface area contributed by atoms with E-state index in [1.807, 2.05) is 18.2 Å². The van der Waals surface area contributed by atoms with Crippen molar-refractivity contribution in [2.24, 2.45) is 11.7 Å². The zero-order chi connectivity index (χ0) is 12.5. The number of methoxy groups -OCH3 is 2. The highest BCUT2D eigenvalue weighted by Gasteiger charge is 2.10. The van der Waals surface area contributed by atoms with Crippen LogP contribution >= 0.6 is 0 Å². The molecule has 0 saturated heterocycles. The zero-order valence-corrected chi connectivity index (χ0v) is 10.8. The molecule has 0 radical (unpaired) electrons. The number of hydrogen-bond donors (Lipinski definition) is 1. The lowest BCUT2D eigenvalue weighted by Crippen LogP contribution is -2.17. The Morgan fingerprint density at radius 1 is 1.24 bits per heavy atom. The third-order valence-corrected chi connectivity index (χ3v) is 3.00. The van der Waals surface area contributed by atoms with E-state index in [0.717, 1.165) is 31.6 Å². The van der Waals surface area contributed by atoms with Crippen LogP contribution in [0.15, 0.2) is 24.3 Å². The molecule has 96 valence electrons. The number of rotatable bonds is 8. The number of ether oxygens (including phenoxy) is 2. The standard InChI is InChI=1S/C14H23NO2/c1-16-9-5-6-12(11-15)10-13-7-3-4-8-14(13)17-2/h3-4,7-8,12H,5-6,9-11,15H2,1-2H3. The number of para-hydroxylation sites is 1. The Balaban J connectivity index is 2.54. The molecule has 1 aromatic rings. The quantitative estimate of drug-likeness (QED) is 0.705. The van der Waals surface area contributed by atoms with Gasteiger partial charge in [0.05, 0.1) is 7.11 Å². The molecule has 0 aromatic heterocycles. The average molecular weight is 237 g/mol. The molecule has 0 aliphatic carbocycles. The molecule has 17 heavy (non-hydrogen) atoms. The smallest absolute Gasteiger partial charge is 0.122 e. The molecule has 3 heteroatoms. The second-order valence-corrected chi connectivity index (χ2v) is 4.25. The van der Waals surface area contributed by atoms with Crippen molar-refractivity contribution in [3.05, 3.63) is 29.8 Å². The molecule has 1 unspecified atom stereocenters. The molecule has 0 aliphatic rings. The molecule has 0 amide bonds. The monoisotopic (exact) mass is 237 g/mol. The van der Waals surface area contributed by atoms with Crippen LogP contribution in [0, 0.1) is 5.92 Å². The van der Waals surface area contributed by atoms with Gasteiger partial charge in [-0.1, -0.05) is 18.2 Å². The predicted molar refractivity (Wildman–Crippen MR) is 70.4 cm³/mol. The summed E-state index contributed by atoms with van der Waals surface area (Å²) in [6, 6.07) is 8.14. The first kappa shape index (κ1) is 14.0. The van der Waals surface area contributed by atoms with E-state index in [0.29, 0.717) is 12.5 Å². The predicted octanol–water partition coefficient (Wildman–Crippen LogP) is 2.24. The van der Waals surface area contributed by atoms with Crippen LogP contribution in [-0.2, 0) is 11.2 Å². The van der Waals surface area contributed by atoms with Gasteiger partial charge in [0.25, 0.3) is 0 Å². The van der Waals surface area contributed by atoms with Gasteiger partial charge in [-0.05, 0) is 43.4 Å². The van der Waals surface area contributed by atoms with E-state index < -0.39 is 0 Å². The van der Waals surface area contributed by atoms with E-state index in [-0.39, 0.29) is 0 Å². The van der Waals surface area contributed by atoms with Crippen molar-refractivity contribution in [2.75, 3.05) is 27.4 Å². The Labute approximate surface area is 104 Å². The molecule has 0 bridgehead atoms. The van der Waals surface area contributed by atoms with Crippen LogP contribution in [0.1, 0.15) is 18.4 Å². The van der Waals surface area contributed by atoms with Crippen molar-refractivity contribution < 1.29 is 9.47 Å². The normalized spacial score (nSPS) is 12.4. The first-order valence-electron chi connectivity index (χ1n) is 6.12. The van der Waals surface area contributed by atoms with Crippen LogP contribution in [0.4, 0.5) is 0 Å². The van der Waals surface area contributed by atoms with Crippen molar-refractivity contribution in [2.45, 2.75) is 19.3 Å². The molecule has 0 spiro atoms. The molecule has 3 nitrogen and oxygen atoms in total. The van der Waals surface area contributed by atoms with Crippen molar-refractivity contribution in [1.29, 1.82) is 0 Å². The van der Waals surface area contributed by atoms with E-state index >= 15 is 0 Å². The minimum absolute atomic E-state index is 0.501. The van der Waals surface area contributed by atoms with Crippen LogP contribution < -0.4 is 10.5 Å². The number of nitrogens with two attached hydrogens (primary N) is 1. The Hall–Kier alpha value is -1.06. The van der Waals surface area contributed by atoms with Crippen LogP contribution in [-0.4, -0.2) is 27.4 Å². The Bertz CT molecular complexity index is 315. The van der Waals surface area contributed by atoms with Crippen molar-refractivity contribution in [3.8, 4) is 5.75 Å². The minimum Gasteiger partial charge on any atom is -0.496 e. The molecule has 1 aromatic carbocycles. The summed E-state index contributed by atoms with van der Waals surface area (Å²) in [6.45, 7) is 1.52. The summed E-state index contributed by atoms with van der Waals surface area (Å²) >= 11 is 0. The fourth-order valence-electron chi connectivity index (χ4n) is 2.00. The fraction of sp³-hybridized carbons (Fsp3) is 0.571. The lowest BCUT2D eigenvalue weighted by atomic mass is 9.94. The van der Waals surface area contributed by atoms with Crippen molar-refractivity contribution >= 4 is 0 Å². The lowest BCUT2D eigenvalue weighted by Gasteiger charge is -2.16. The van der Waals surface area contributed by atoms with E-state index in [2.05, 4.69) is 6.07 Å². The van der Waals surface area contributed by atoms with Gasteiger partial charge in [0.2, 0.25) is 0 Å². The van der Waals surface area contributed by atoms with Crippen LogP contribution in [0.5, 0.6) is 5.75 Å². The molecule has 0 fully saturated rings. The first-order chi connectivity index (χ1) is 8.31. The van der Waals surface area contributed by atoms with Gasteiger partial charge in [0, 0.05) is 13.7 Å². The molecule has 0 aliphatic heterocycles. The summed E-state index contributed by atoms with van der Waals surface area (Å²) in [7, 11) is 3.44. The van der Waals surface area contributed by atoms with E-state index in [9.17, 15) is 0 Å². The van der Waals surface area contributed by atoms with Gasteiger partial charge in [-0.15, -0.1) is 0 Å². The van der Waals surface area contributed by atoms with Gasteiger partial charge >= 0.3 is 0 Å². The maximum Gasteiger partial charge on any atom is 0.122 e. The molecule has 1 rings (SSSR count). The highest BCUT2D eigenvalue weighted by Crippen LogP contribution is 2.22. The van der Waals surface area contributed by atoms with Crippen LogP contribution in [0.25, 0.3) is 0 Å². The van der Waals surface area contributed by atoms with Crippen molar-refractivity contribution in [3.63, 3.8) is 0 Å². The summed E-state index contributed by atoms with van der Waals surface area (Å²) in [4.78, 5) is 0. The zero-order valence-electron chi connectivity index (χ0n) is 10.8. The second-order valence-electron chi connectivity index (χ2n) is 4.25. The molecule has 2 N–H and O–H groups in total. The Morgan fingerprint density at radius 3 is 2.65 bits per heavy atom. The molecular formula is C14H23NO2. The first-order valence-corrected chi connectivity index (χ1v) is 6.12. The largest absolute Gasteiger partial charge is 0.496 e. The minimum atomic E-state index is 0.501. The van der Waals surface area contributed by atoms with Gasteiger partial charge in [0.1, 0.15) is 5.75 Å². The van der Waals surface area contributed by atoms with Gasteiger partial charge in [0.15, 0.2) is 0 Å². The number of benzene rings is 1. The Morgan fingerprint density at radius 2 is 2.00 bits per heavy atom. The maximum absolute atomic E-state index is 5.81. The highest BCUT2D eigenvalue weighted by molar-refractivity contribution is 5.33. The topological polar surface area (TPSA) is 44.5 Å². The SMILES string of the molecule is COCCCC(CN)Cc1ccccc1OC. The van der Waals surface area contributed by atoms with E-state index in [4.69, 9.17) is 15.2 Å². The molecule has 0 heterocycles. The highest BCUT2D eigenvalue weighted by atomic mass is 16.5. The third-order valence-electron chi connectivity index (χ3n) is 3.00. The van der Waals surface area contributed by atoms with Crippen LogP contribution in [0.3, 0.4) is 0 Å². The molecule has 1 atom stereocenters. The summed E-state index contributed by atoms with van der Waals surface area (Å²) in [5.41, 5.74) is 7.05. The summed E-state index contributed by atoms with van der Waals surface area (Å²) in [6.07, 6.45) is 3.14. The van der Waals surface area contributed by atoms with Crippen LogP contribution in [0.2, 0.25) is 0 Å². The Kier molecular flexibility index (Phi) is 6.67. The third kappa shape index (κ3) is 4.75. The van der Waals surface area contributed by atoms with Gasteiger partial charge < -0.3 is 15.2 Å².